The average Bonchev–Trinajstić information content (AvgIpc) is 3.19. The molecule has 1 saturated carbocycles. The lowest BCUT2D eigenvalue weighted by atomic mass is 9.73. The molecular weight excluding hydrogens is 326 g/mol. The zero-order valence-electron chi connectivity index (χ0n) is 16.3. The lowest BCUT2D eigenvalue weighted by Crippen LogP contribution is -2.51. The number of morpholine rings is 1. The molecule has 0 spiro atoms. The van der Waals surface area contributed by atoms with E-state index in [4.69, 9.17) is 4.74 Å². The van der Waals surface area contributed by atoms with E-state index in [1.54, 1.807) is 0 Å². The Morgan fingerprint density at radius 3 is 2.50 bits per heavy atom. The van der Waals surface area contributed by atoms with Crippen LogP contribution in [0.4, 0.5) is 0 Å². The number of hydrogen-bond acceptors (Lipinski definition) is 3. The van der Waals surface area contributed by atoms with Gasteiger partial charge in [0, 0.05) is 64.1 Å². The molecule has 146 valence electrons. The van der Waals surface area contributed by atoms with Gasteiger partial charge in [0.05, 0.1) is 13.2 Å². The fourth-order valence-corrected chi connectivity index (χ4v) is 4.24. The fourth-order valence-electron chi connectivity index (χ4n) is 4.24. The first-order valence-corrected chi connectivity index (χ1v) is 10.2. The summed E-state index contributed by atoms with van der Waals surface area (Å²) in [4.78, 5) is 7.02. The van der Waals surface area contributed by atoms with Crippen LogP contribution in [-0.2, 0) is 11.3 Å². The third-order valence-electron chi connectivity index (χ3n) is 5.76. The van der Waals surface area contributed by atoms with Gasteiger partial charge in [0.1, 0.15) is 0 Å². The van der Waals surface area contributed by atoms with Gasteiger partial charge in [0.15, 0.2) is 5.96 Å². The minimum atomic E-state index is 0.369. The van der Waals surface area contributed by atoms with Crippen LogP contribution in [0.1, 0.15) is 32.1 Å². The molecule has 0 aromatic carbocycles. The SMILES string of the molecule is CN=C(NCCn1cccc1)NCC1(CN2CCOCC2)CCCCC1. The minimum Gasteiger partial charge on any atom is -0.379 e. The van der Waals surface area contributed by atoms with Crippen molar-refractivity contribution in [3.8, 4) is 0 Å². The van der Waals surface area contributed by atoms with Crippen molar-refractivity contribution in [1.82, 2.24) is 20.1 Å². The molecule has 1 aliphatic carbocycles. The molecule has 1 aliphatic heterocycles. The van der Waals surface area contributed by atoms with Crippen molar-refractivity contribution >= 4 is 5.96 Å². The molecule has 1 aromatic heterocycles. The predicted octanol–water partition coefficient (Wildman–Crippen LogP) is 1.94. The number of guanidine groups is 1. The first-order valence-electron chi connectivity index (χ1n) is 10.2. The van der Waals surface area contributed by atoms with Gasteiger partial charge in [-0.05, 0) is 25.0 Å². The number of rotatable bonds is 7. The molecule has 2 heterocycles. The van der Waals surface area contributed by atoms with Gasteiger partial charge < -0.3 is 19.9 Å². The second kappa shape index (κ2) is 9.97. The van der Waals surface area contributed by atoms with Gasteiger partial charge in [-0.3, -0.25) is 9.89 Å². The number of hydrogen-bond donors (Lipinski definition) is 2. The highest BCUT2D eigenvalue weighted by molar-refractivity contribution is 5.79. The van der Waals surface area contributed by atoms with E-state index in [0.29, 0.717) is 5.41 Å². The lowest BCUT2D eigenvalue weighted by Gasteiger charge is -2.42. The highest BCUT2D eigenvalue weighted by atomic mass is 16.5. The minimum absolute atomic E-state index is 0.369. The number of aromatic nitrogens is 1. The van der Waals surface area contributed by atoms with Gasteiger partial charge in [-0.1, -0.05) is 19.3 Å². The maximum atomic E-state index is 5.52. The summed E-state index contributed by atoms with van der Waals surface area (Å²) in [5, 5.41) is 7.07. The molecule has 26 heavy (non-hydrogen) atoms. The number of nitrogens with one attached hydrogen (secondary N) is 2. The molecule has 6 nitrogen and oxygen atoms in total. The van der Waals surface area contributed by atoms with Crippen molar-refractivity contribution in [3.63, 3.8) is 0 Å². The summed E-state index contributed by atoms with van der Waals surface area (Å²) >= 11 is 0. The highest BCUT2D eigenvalue weighted by Gasteiger charge is 2.34. The summed E-state index contributed by atoms with van der Waals surface area (Å²) in [7, 11) is 1.86. The Kier molecular flexibility index (Phi) is 7.38. The van der Waals surface area contributed by atoms with E-state index in [0.717, 1.165) is 51.9 Å². The van der Waals surface area contributed by atoms with E-state index < -0.39 is 0 Å². The number of ether oxygens (including phenoxy) is 1. The van der Waals surface area contributed by atoms with E-state index in [9.17, 15) is 0 Å². The Morgan fingerprint density at radius 2 is 1.81 bits per heavy atom. The number of nitrogens with zero attached hydrogens (tertiary/aromatic N) is 3. The van der Waals surface area contributed by atoms with Crippen LogP contribution in [0, 0.1) is 5.41 Å². The molecule has 0 radical (unpaired) electrons. The molecule has 0 amide bonds. The fraction of sp³-hybridized carbons (Fsp3) is 0.750. The largest absolute Gasteiger partial charge is 0.379 e. The van der Waals surface area contributed by atoms with Crippen LogP contribution in [0.5, 0.6) is 0 Å². The van der Waals surface area contributed by atoms with Crippen LogP contribution in [0.2, 0.25) is 0 Å². The van der Waals surface area contributed by atoms with Crippen LogP contribution in [0.15, 0.2) is 29.5 Å². The molecular formula is C20H35N5O. The van der Waals surface area contributed by atoms with Crippen LogP contribution in [-0.4, -0.2) is 68.4 Å². The van der Waals surface area contributed by atoms with Crippen molar-refractivity contribution in [2.45, 2.75) is 38.6 Å². The first kappa shape index (κ1) is 19.2. The zero-order chi connectivity index (χ0) is 18.1. The van der Waals surface area contributed by atoms with Gasteiger partial charge in [-0.2, -0.15) is 0 Å². The molecule has 2 N–H and O–H groups in total. The molecule has 6 heteroatoms. The molecule has 1 aromatic rings. The quantitative estimate of drug-likeness (QED) is 0.576. The van der Waals surface area contributed by atoms with Crippen LogP contribution in [0.3, 0.4) is 0 Å². The summed E-state index contributed by atoms with van der Waals surface area (Å²) in [6, 6.07) is 4.12. The van der Waals surface area contributed by atoms with Gasteiger partial charge in [-0.15, -0.1) is 0 Å². The van der Waals surface area contributed by atoms with E-state index in [-0.39, 0.29) is 0 Å². The summed E-state index contributed by atoms with van der Waals surface area (Å²) in [6.45, 7) is 7.93. The smallest absolute Gasteiger partial charge is 0.191 e. The Labute approximate surface area is 158 Å². The van der Waals surface area contributed by atoms with Crippen molar-refractivity contribution in [1.29, 1.82) is 0 Å². The topological polar surface area (TPSA) is 53.8 Å². The van der Waals surface area contributed by atoms with E-state index in [2.05, 4.69) is 49.6 Å². The molecule has 2 fully saturated rings. The number of aliphatic imine (C=N–C) groups is 1. The molecule has 0 atom stereocenters. The molecule has 3 rings (SSSR count). The maximum absolute atomic E-state index is 5.52. The second-order valence-electron chi connectivity index (χ2n) is 7.72. The van der Waals surface area contributed by atoms with Crippen molar-refractivity contribution in [2.75, 3.05) is 53.0 Å². The van der Waals surface area contributed by atoms with Crippen LogP contribution in [0.25, 0.3) is 0 Å². The van der Waals surface area contributed by atoms with Gasteiger partial charge in [-0.25, -0.2) is 0 Å². The van der Waals surface area contributed by atoms with Crippen LogP contribution >= 0.6 is 0 Å². The Morgan fingerprint density at radius 1 is 1.08 bits per heavy atom. The normalized spacial score (nSPS) is 21.5. The zero-order valence-corrected chi connectivity index (χ0v) is 16.3. The second-order valence-corrected chi connectivity index (χ2v) is 7.72. The monoisotopic (exact) mass is 361 g/mol. The maximum Gasteiger partial charge on any atom is 0.191 e. The van der Waals surface area contributed by atoms with Gasteiger partial charge >= 0.3 is 0 Å². The third-order valence-corrected chi connectivity index (χ3v) is 5.76. The summed E-state index contributed by atoms with van der Waals surface area (Å²) in [6.07, 6.45) is 10.9. The summed E-state index contributed by atoms with van der Waals surface area (Å²) < 4.78 is 7.71. The average molecular weight is 362 g/mol. The Hall–Kier alpha value is -1.53. The lowest BCUT2D eigenvalue weighted by molar-refractivity contribution is 0.00820. The standard InChI is InChI=1S/C20H35N5O/c1-21-19(22-9-12-24-10-5-6-11-24)23-17-20(7-3-2-4-8-20)18-25-13-15-26-16-14-25/h5-6,10-11H,2-4,7-9,12-18H2,1H3,(H2,21,22,23). The van der Waals surface area contributed by atoms with Crippen molar-refractivity contribution in [2.24, 2.45) is 10.4 Å². The van der Waals surface area contributed by atoms with Crippen molar-refractivity contribution < 1.29 is 4.74 Å². The van der Waals surface area contributed by atoms with E-state index >= 15 is 0 Å². The summed E-state index contributed by atoms with van der Waals surface area (Å²) in [5.41, 5.74) is 0.369. The molecule has 0 bridgehead atoms. The van der Waals surface area contributed by atoms with Crippen LogP contribution < -0.4 is 10.6 Å². The van der Waals surface area contributed by atoms with E-state index in [1.165, 1.54) is 38.6 Å². The van der Waals surface area contributed by atoms with E-state index in [1.807, 2.05) is 7.05 Å². The summed E-state index contributed by atoms with van der Waals surface area (Å²) in [5.74, 6) is 0.920. The van der Waals surface area contributed by atoms with Gasteiger partial charge in [0.25, 0.3) is 0 Å². The molecule has 2 aliphatic rings. The molecule has 1 saturated heterocycles. The van der Waals surface area contributed by atoms with Crippen molar-refractivity contribution in [3.05, 3.63) is 24.5 Å². The predicted molar refractivity (Wildman–Crippen MR) is 107 cm³/mol. The Balaban J connectivity index is 1.48. The first-order chi connectivity index (χ1) is 12.8. The highest BCUT2D eigenvalue weighted by Crippen LogP contribution is 2.36. The molecule has 0 unspecified atom stereocenters. The Bertz CT molecular complexity index is 530. The third kappa shape index (κ3) is 5.74. The van der Waals surface area contributed by atoms with Gasteiger partial charge in [0.2, 0.25) is 0 Å².